The van der Waals surface area contributed by atoms with Crippen molar-refractivity contribution in [2.75, 3.05) is 0 Å². The quantitative estimate of drug-likeness (QED) is 0.625. The molecule has 3 atom stereocenters. The number of aromatic nitrogens is 1. The van der Waals surface area contributed by atoms with Crippen molar-refractivity contribution in [1.29, 1.82) is 0 Å². The third kappa shape index (κ3) is 1.81. The first-order valence-electron chi connectivity index (χ1n) is 6.10. The molecule has 1 fully saturated rings. The summed E-state index contributed by atoms with van der Waals surface area (Å²) in [6, 6.07) is 8.67. The molecule has 88 valence electrons. The van der Waals surface area contributed by atoms with Crippen molar-refractivity contribution in [3.63, 3.8) is 0 Å². The van der Waals surface area contributed by atoms with Crippen molar-refractivity contribution in [3.05, 3.63) is 42.2 Å². The Balaban J connectivity index is 2.09. The second-order valence-electron chi connectivity index (χ2n) is 4.97. The third-order valence-electron chi connectivity index (χ3n) is 3.83. The van der Waals surface area contributed by atoms with Crippen LogP contribution < -0.4 is 11.3 Å². The van der Waals surface area contributed by atoms with E-state index >= 15 is 0 Å². The summed E-state index contributed by atoms with van der Waals surface area (Å²) in [6.45, 7) is 2.28. The van der Waals surface area contributed by atoms with Crippen LogP contribution in [0.4, 0.5) is 0 Å². The van der Waals surface area contributed by atoms with Gasteiger partial charge in [-0.05, 0) is 35.3 Å². The smallest absolute Gasteiger partial charge is 0.0496 e. The van der Waals surface area contributed by atoms with Gasteiger partial charge in [0, 0.05) is 23.8 Å². The van der Waals surface area contributed by atoms with Crippen molar-refractivity contribution in [1.82, 2.24) is 10.4 Å². The van der Waals surface area contributed by atoms with E-state index < -0.39 is 0 Å². The zero-order valence-electron chi connectivity index (χ0n) is 9.93. The molecule has 3 nitrogen and oxygen atoms in total. The van der Waals surface area contributed by atoms with Crippen molar-refractivity contribution in [2.45, 2.75) is 19.4 Å². The average molecular weight is 227 g/mol. The molecule has 3 N–H and O–H groups in total. The van der Waals surface area contributed by atoms with Crippen molar-refractivity contribution in [3.8, 4) is 0 Å². The summed E-state index contributed by atoms with van der Waals surface area (Å²) >= 11 is 0. The monoisotopic (exact) mass is 227 g/mol. The highest BCUT2D eigenvalue weighted by molar-refractivity contribution is 5.85. The van der Waals surface area contributed by atoms with E-state index in [9.17, 15) is 0 Å². The van der Waals surface area contributed by atoms with E-state index in [1.807, 2.05) is 12.4 Å². The Kier molecular flexibility index (Phi) is 2.57. The Morgan fingerprint density at radius 1 is 1.41 bits per heavy atom. The van der Waals surface area contributed by atoms with Gasteiger partial charge in [-0.15, -0.1) is 0 Å². The van der Waals surface area contributed by atoms with Crippen LogP contribution in [0.5, 0.6) is 0 Å². The van der Waals surface area contributed by atoms with Crippen molar-refractivity contribution < 1.29 is 0 Å². The number of hydrazine groups is 1. The molecular weight excluding hydrogens is 210 g/mol. The molecule has 0 saturated heterocycles. The van der Waals surface area contributed by atoms with Crippen LogP contribution in [0.1, 0.15) is 24.9 Å². The van der Waals surface area contributed by atoms with Gasteiger partial charge in [0.1, 0.15) is 0 Å². The average Bonchev–Trinajstić information content (AvgIpc) is 3.08. The number of benzene rings is 1. The Morgan fingerprint density at radius 3 is 2.94 bits per heavy atom. The predicted molar refractivity (Wildman–Crippen MR) is 69.1 cm³/mol. The molecule has 0 radical (unpaired) electrons. The van der Waals surface area contributed by atoms with Crippen LogP contribution in [0.2, 0.25) is 0 Å². The van der Waals surface area contributed by atoms with Crippen LogP contribution >= 0.6 is 0 Å². The van der Waals surface area contributed by atoms with Gasteiger partial charge in [0.25, 0.3) is 0 Å². The Bertz CT molecular complexity index is 532. The topological polar surface area (TPSA) is 50.9 Å². The second kappa shape index (κ2) is 4.09. The van der Waals surface area contributed by atoms with Crippen LogP contribution in [-0.2, 0) is 0 Å². The van der Waals surface area contributed by atoms with E-state index in [0.29, 0.717) is 5.92 Å². The first kappa shape index (κ1) is 10.7. The van der Waals surface area contributed by atoms with E-state index in [-0.39, 0.29) is 6.04 Å². The lowest BCUT2D eigenvalue weighted by Gasteiger charge is -2.18. The van der Waals surface area contributed by atoms with E-state index in [1.54, 1.807) is 0 Å². The molecule has 1 aromatic carbocycles. The molecule has 3 unspecified atom stereocenters. The van der Waals surface area contributed by atoms with Crippen molar-refractivity contribution in [2.24, 2.45) is 17.7 Å². The number of nitrogens with one attached hydrogen (secondary N) is 1. The molecule has 1 aliphatic rings. The zero-order valence-corrected chi connectivity index (χ0v) is 9.93. The standard InChI is InChI=1S/C14H17N3/c1-9-7-13(9)14(17-15)12-4-2-3-10-8-16-6-5-11(10)12/h2-6,8-9,13-14,17H,7,15H2,1H3. The molecule has 1 aliphatic carbocycles. The number of fused-ring (bicyclic) bond motifs is 1. The minimum Gasteiger partial charge on any atom is -0.271 e. The number of pyridine rings is 1. The maximum Gasteiger partial charge on any atom is 0.0496 e. The Labute approximate surface area is 101 Å². The van der Waals surface area contributed by atoms with Gasteiger partial charge in [0.2, 0.25) is 0 Å². The van der Waals surface area contributed by atoms with Gasteiger partial charge in [-0.2, -0.15) is 0 Å². The highest BCUT2D eigenvalue weighted by atomic mass is 15.2. The lowest BCUT2D eigenvalue weighted by atomic mass is 9.96. The van der Waals surface area contributed by atoms with Gasteiger partial charge in [-0.3, -0.25) is 16.3 Å². The van der Waals surface area contributed by atoms with Gasteiger partial charge in [-0.25, -0.2) is 0 Å². The summed E-state index contributed by atoms with van der Waals surface area (Å²) in [7, 11) is 0. The first-order valence-corrected chi connectivity index (χ1v) is 6.10. The minimum absolute atomic E-state index is 0.260. The summed E-state index contributed by atoms with van der Waals surface area (Å²) in [5.41, 5.74) is 4.28. The summed E-state index contributed by atoms with van der Waals surface area (Å²) in [4.78, 5) is 4.16. The molecule has 3 heteroatoms. The van der Waals surface area contributed by atoms with Gasteiger partial charge in [0.15, 0.2) is 0 Å². The largest absolute Gasteiger partial charge is 0.271 e. The number of rotatable bonds is 3. The van der Waals surface area contributed by atoms with Crippen LogP contribution in [0, 0.1) is 11.8 Å². The lowest BCUT2D eigenvalue weighted by Crippen LogP contribution is -2.30. The van der Waals surface area contributed by atoms with Crippen LogP contribution in [0.15, 0.2) is 36.7 Å². The van der Waals surface area contributed by atoms with Crippen LogP contribution in [-0.4, -0.2) is 4.98 Å². The SMILES string of the molecule is CC1CC1C(NN)c1cccc2cnccc12. The molecule has 0 amide bonds. The molecule has 0 spiro atoms. The summed E-state index contributed by atoms with van der Waals surface area (Å²) in [5, 5.41) is 2.43. The lowest BCUT2D eigenvalue weighted by molar-refractivity contribution is 0.479. The van der Waals surface area contributed by atoms with Gasteiger partial charge in [-0.1, -0.05) is 25.1 Å². The molecule has 0 aliphatic heterocycles. The Morgan fingerprint density at radius 2 is 2.24 bits per heavy atom. The van der Waals surface area contributed by atoms with Gasteiger partial charge >= 0.3 is 0 Å². The highest BCUT2D eigenvalue weighted by Crippen LogP contribution is 2.47. The predicted octanol–water partition coefficient (Wildman–Crippen LogP) is 2.40. The molecule has 2 aromatic rings. The number of nitrogens with two attached hydrogens (primary N) is 1. The van der Waals surface area contributed by atoms with E-state index in [0.717, 1.165) is 5.92 Å². The zero-order chi connectivity index (χ0) is 11.8. The Hall–Kier alpha value is -1.45. The van der Waals surface area contributed by atoms with Gasteiger partial charge in [0.05, 0.1) is 0 Å². The number of hydrogen-bond donors (Lipinski definition) is 2. The number of nitrogens with zero attached hydrogens (tertiary/aromatic N) is 1. The molecule has 0 bridgehead atoms. The minimum atomic E-state index is 0.260. The fraction of sp³-hybridized carbons (Fsp3) is 0.357. The highest BCUT2D eigenvalue weighted by Gasteiger charge is 2.40. The van der Waals surface area contributed by atoms with E-state index in [1.165, 1.54) is 22.8 Å². The maximum absolute atomic E-state index is 5.73. The van der Waals surface area contributed by atoms with Gasteiger partial charge < -0.3 is 0 Å². The fourth-order valence-electron chi connectivity index (χ4n) is 2.68. The summed E-state index contributed by atoms with van der Waals surface area (Å²) in [6.07, 6.45) is 5.01. The maximum atomic E-state index is 5.73. The normalized spacial score (nSPS) is 24.8. The molecule has 3 rings (SSSR count). The van der Waals surface area contributed by atoms with Crippen LogP contribution in [0.25, 0.3) is 10.8 Å². The van der Waals surface area contributed by atoms with E-state index in [4.69, 9.17) is 5.84 Å². The molecule has 1 aromatic heterocycles. The van der Waals surface area contributed by atoms with E-state index in [2.05, 4.69) is 41.6 Å². The fourth-order valence-corrected chi connectivity index (χ4v) is 2.68. The summed E-state index contributed by atoms with van der Waals surface area (Å²) < 4.78 is 0. The van der Waals surface area contributed by atoms with Crippen molar-refractivity contribution >= 4 is 10.8 Å². The molecule has 1 saturated carbocycles. The second-order valence-corrected chi connectivity index (χ2v) is 4.97. The molecular formula is C14H17N3. The molecule has 1 heterocycles. The third-order valence-corrected chi connectivity index (χ3v) is 3.83. The molecule has 17 heavy (non-hydrogen) atoms. The van der Waals surface area contributed by atoms with Crippen LogP contribution in [0.3, 0.4) is 0 Å². The number of hydrogen-bond acceptors (Lipinski definition) is 3. The summed E-state index contributed by atoms with van der Waals surface area (Å²) in [5.74, 6) is 7.17. The first-order chi connectivity index (χ1) is 8.31.